The molecule has 0 bridgehead atoms. The van der Waals surface area contributed by atoms with E-state index in [-0.39, 0.29) is 0 Å². The number of rotatable bonds is 14. The van der Waals surface area contributed by atoms with Gasteiger partial charge in [-0.15, -0.1) is 0 Å². The Labute approximate surface area is 211 Å². The first-order chi connectivity index (χ1) is 16.7. The van der Waals surface area contributed by atoms with Crippen LogP contribution in [-0.2, 0) is 0 Å². The predicted octanol–water partition coefficient (Wildman–Crippen LogP) is 8.51. The summed E-state index contributed by atoms with van der Waals surface area (Å²) in [5.74, 6) is 0.911. The summed E-state index contributed by atoms with van der Waals surface area (Å²) in [5.41, 5.74) is 4.23. The second-order valence-corrected chi connectivity index (χ2v) is 8.97. The third-order valence-corrected chi connectivity index (χ3v) is 6.64. The summed E-state index contributed by atoms with van der Waals surface area (Å²) in [6.45, 7) is 8.79. The van der Waals surface area contributed by atoms with Crippen LogP contribution in [0.3, 0.4) is 0 Å². The van der Waals surface area contributed by atoms with Gasteiger partial charge >= 0.3 is 0 Å². The average Bonchev–Trinajstić information content (AvgIpc) is 2.90. The van der Waals surface area contributed by atoms with E-state index in [1.54, 1.807) is 0 Å². The molecule has 3 aromatic carbocycles. The molecule has 2 nitrogen and oxygen atoms in total. The van der Waals surface area contributed by atoms with Crippen molar-refractivity contribution in [1.82, 2.24) is 4.90 Å². The van der Waals surface area contributed by atoms with Gasteiger partial charge in [-0.2, -0.15) is 0 Å². The van der Waals surface area contributed by atoms with E-state index in [0.717, 1.165) is 59.2 Å². The average molecular weight is 476 g/mol. The lowest BCUT2D eigenvalue weighted by Crippen LogP contribution is -2.23. The topological polar surface area (TPSA) is 12.5 Å². The summed E-state index contributed by atoms with van der Waals surface area (Å²) >= 11 is 6.92. The molecular formula is C31H38ClNO. The van der Waals surface area contributed by atoms with Crippen LogP contribution in [-0.4, -0.2) is 31.1 Å². The number of halogens is 1. The van der Waals surface area contributed by atoms with E-state index < -0.39 is 0 Å². The van der Waals surface area contributed by atoms with Gasteiger partial charge in [0.25, 0.3) is 0 Å². The van der Waals surface area contributed by atoms with Crippen molar-refractivity contribution in [2.75, 3.05) is 26.2 Å². The molecule has 0 aliphatic carbocycles. The molecule has 0 unspecified atom stereocenters. The first-order valence-corrected chi connectivity index (χ1v) is 13.1. The molecule has 0 radical (unpaired) electrons. The molecule has 34 heavy (non-hydrogen) atoms. The molecule has 0 fully saturated rings. The molecule has 0 aliphatic rings. The predicted molar refractivity (Wildman–Crippen MR) is 147 cm³/mol. The van der Waals surface area contributed by atoms with Crippen LogP contribution in [0.5, 0.6) is 5.75 Å². The number of nitrogens with zero attached hydrogens (tertiary/aromatic N) is 1. The molecule has 0 N–H and O–H groups in total. The largest absolute Gasteiger partial charge is 0.494 e. The van der Waals surface area contributed by atoms with Gasteiger partial charge in [-0.3, -0.25) is 0 Å². The Kier molecular flexibility index (Phi) is 11.2. The van der Waals surface area contributed by atoms with E-state index in [9.17, 15) is 0 Å². The van der Waals surface area contributed by atoms with Gasteiger partial charge in [-0.25, -0.2) is 0 Å². The van der Waals surface area contributed by atoms with Crippen LogP contribution >= 0.6 is 11.6 Å². The van der Waals surface area contributed by atoms with Crippen LogP contribution in [0.1, 0.15) is 62.6 Å². The number of hydrogen-bond donors (Lipinski definition) is 0. The highest BCUT2D eigenvalue weighted by Crippen LogP contribution is 2.35. The highest BCUT2D eigenvalue weighted by atomic mass is 35.5. The molecule has 3 rings (SSSR count). The molecule has 3 heteroatoms. The lowest BCUT2D eigenvalue weighted by atomic mass is 9.95. The monoisotopic (exact) mass is 475 g/mol. The van der Waals surface area contributed by atoms with E-state index in [1.807, 2.05) is 48.5 Å². The number of hydrogen-bond acceptors (Lipinski definition) is 2. The van der Waals surface area contributed by atoms with Crippen molar-refractivity contribution in [1.29, 1.82) is 0 Å². The highest BCUT2D eigenvalue weighted by molar-refractivity contribution is 6.53. The molecule has 0 heterocycles. The van der Waals surface area contributed by atoms with E-state index in [0.29, 0.717) is 0 Å². The minimum atomic E-state index is 0.751. The van der Waals surface area contributed by atoms with E-state index >= 15 is 0 Å². The van der Waals surface area contributed by atoms with Gasteiger partial charge in [0, 0.05) is 5.57 Å². The van der Waals surface area contributed by atoms with Crippen LogP contribution in [0.4, 0.5) is 0 Å². The molecule has 3 aromatic rings. The summed E-state index contributed by atoms with van der Waals surface area (Å²) in [6, 6.07) is 28.8. The van der Waals surface area contributed by atoms with E-state index in [2.05, 4.69) is 55.1 Å². The minimum absolute atomic E-state index is 0.751. The Bertz CT molecular complexity index is 979. The maximum absolute atomic E-state index is 6.92. The Morgan fingerprint density at radius 1 is 0.647 bits per heavy atom. The second-order valence-electron chi connectivity index (χ2n) is 8.59. The van der Waals surface area contributed by atoms with Crippen molar-refractivity contribution in [3.63, 3.8) is 0 Å². The zero-order valence-corrected chi connectivity index (χ0v) is 21.4. The third kappa shape index (κ3) is 8.04. The summed E-state index contributed by atoms with van der Waals surface area (Å²) in [4.78, 5) is 2.50. The Balaban J connectivity index is 1.55. The normalized spacial score (nSPS) is 12.0. The van der Waals surface area contributed by atoms with Gasteiger partial charge in [0.2, 0.25) is 0 Å². The van der Waals surface area contributed by atoms with Crippen LogP contribution in [0.25, 0.3) is 10.6 Å². The van der Waals surface area contributed by atoms with Crippen LogP contribution < -0.4 is 4.74 Å². The maximum atomic E-state index is 6.92. The van der Waals surface area contributed by atoms with Gasteiger partial charge in [-0.05, 0) is 61.3 Å². The van der Waals surface area contributed by atoms with Crippen LogP contribution in [0.2, 0.25) is 0 Å². The SMILES string of the molecule is CCN(CC)CCCCCCCOc1ccc(/C(=C(/Cl)c2ccccc2)c2ccccc2)cc1. The summed E-state index contributed by atoms with van der Waals surface area (Å²) in [7, 11) is 0. The zero-order valence-electron chi connectivity index (χ0n) is 20.7. The van der Waals surface area contributed by atoms with Crippen molar-refractivity contribution < 1.29 is 4.74 Å². The smallest absolute Gasteiger partial charge is 0.119 e. The Hall–Kier alpha value is -2.55. The molecule has 0 saturated heterocycles. The van der Waals surface area contributed by atoms with Gasteiger partial charge in [-0.1, -0.05) is 118 Å². The molecule has 0 spiro atoms. The highest BCUT2D eigenvalue weighted by Gasteiger charge is 2.12. The number of ether oxygens (including phenoxy) is 1. The lowest BCUT2D eigenvalue weighted by Gasteiger charge is -2.17. The van der Waals surface area contributed by atoms with Gasteiger partial charge < -0.3 is 9.64 Å². The van der Waals surface area contributed by atoms with E-state index in [1.165, 1.54) is 32.2 Å². The standard InChI is InChI=1S/C31H38ClNO/c1-3-33(4-2)24-14-6-5-7-15-25-34-29-22-20-27(21-23-29)30(26-16-10-8-11-17-26)31(32)28-18-12-9-13-19-28/h8-13,16-23H,3-7,14-15,24-25H2,1-2H3/b31-30+. The van der Waals surface area contributed by atoms with Crippen molar-refractivity contribution in [3.05, 3.63) is 102 Å². The van der Waals surface area contributed by atoms with Gasteiger partial charge in [0.05, 0.1) is 11.6 Å². The van der Waals surface area contributed by atoms with Crippen LogP contribution in [0, 0.1) is 0 Å². The maximum Gasteiger partial charge on any atom is 0.119 e. The number of unbranched alkanes of at least 4 members (excludes halogenated alkanes) is 4. The van der Waals surface area contributed by atoms with Crippen molar-refractivity contribution in [2.45, 2.75) is 46.0 Å². The molecule has 0 atom stereocenters. The molecule has 0 saturated carbocycles. The van der Waals surface area contributed by atoms with Gasteiger partial charge in [0.15, 0.2) is 0 Å². The molecule has 180 valence electrons. The van der Waals surface area contributed by atoms with Crippen molar-refractivity contribution >= 4 is 22.2 Å². The first kappa shape index (κ1) is 26.1. The fraction of sp³-hybridized carbons (Fsp3) is 0.355. The van der Waals surface area contributed by atoms with Crippen LogP contribution in [0.15, 0.2) is 84.9 Å². The Morgan fingerprint density at radius 3 is 1.79 bits per heavy atom. The molecular weight excluding hydrogens is 438 g/mol. The molecule has 0 amide bonds. The fourth-order valence-electron chi connectivity index (χ4n) is 4.17. The first-order valence-electron chi connectivity index (χ1n) is 12.7. The third-order valence-electron chi connectivity index (χ3n) is 6.23. The summed E-state index contributed by atoms with van der Waals surface area (Å²) in [5, 5.41) is 0.751. The van der Waals surface area contributed by atoms with Gasteiger partial charge in [0.1, 0.15) is 5.75 Å². The quantitative estimate of drug-likeness (QED) is 0.171. The lowest BCUT2D eigenvalue weighted by molar-refractivity contribution is 0.289. The zero-order chi connectivity index (χ0) is 24.0. The minimum Gasteiger partial charge on any atom is -0.494 e. The molecule has 0 aliphatic heterocycles. The summed E-state index contributed by atoms with van der Waals surface area (Å²) < 4.78 is 6.01. The van der Waals surface area contributed by atoms with E-state index in [4.69, 9.17) is 16.3 Å². The summed E-state index contributed by atoms with van der Waals surface area (Å²) in [6.07, 6.45) is 6.22. The second kappa shape index (κ2) is 14.7. The van der Waals surface area contributed by atoms with Crippen molar-refractivity contribution in [3.8, 4) is 5.75 Å². The van der Waals surface area contributed by atoms with Crippen molar-refractivity contribution in [2.24, 2.45) is 0 Å². The fourth-order valence-corrected chi connectivity index (χ4v) is 4.51. The molecule has 0 aromatic heterocycles. The Morgan fingerprint density at radius 2 is 1.18 bits per heavy atom. The number of benzene rings is 3.